The van der Waals surface area contributed by atoms with Crippen molar-refractivity contribution in [2.45, 2.75) is 32.6 Å². The van der Waals surface area contributed by atoms with Gasteiger partial charge in [-0.3, -0.25) is 4.79 Å². The van der Waals surface area contributed by atoms with Crippen LogP contribution in [0.4, 0.5) is 0 Å². The Morgan fingerprint density at radius 1 is 0.944 bits per heavy atom. The number of unbranched alkanes of at least 4 members (excludes halogenated alkanes) is 1. The second kappa shape index (κ2) is 10.1. The van der Waals surface area contributed by atoms with E-state index in [0.717, 1.165) is 12.8 Å². The molecule has 0 spiro atoms. The van der Waals surface area contributed by atoms with Crippen molar-refractivity contribution in [1.29, 1.82) is 0 Å². The molecule has 0 heterocycles. The molecule has 0 aliphatic carbocycles. The van der Waals surface area contributed by atoms with E-state index in [1.54, 1.807) is 0 Å². The summed E-state index contributed by atoms with van der Waals surface area (Å²) in [5.41, 5.74) is 0.0133. The van der Waals surface area contributed by atoms with Gasteiger partial charge in [-0.2, -0.15) is 0 Å². The molecule has 0 saturated carbocycles. The van der Waals surface area contributed by atoms with Crippen molar-refractivity contribution in [2.75, 3.05) is 0 Å². The molecule has 0 unspecified atom stereocenters. The number of carbonyl (C=O) groups is 3. The molecular formula is C12H18O6. The van der Waals surface area contributed by atoms with Crippen LogP contribution in [0.25, 0.3) is 0 Å². The van der Waals surface area contributed by atoms with Gasteiger partial charge in [0.1, 0.15) is 0 Å². The number of hydrogen-bond acceptors (Lipinski definition) is 3. The minimum Gasteiger partial charge on any atom is -0.481 e. The van der Waals surface area contributed by atoms with Gasteiger partial charge in [0.25, 0.3) is 0 Å². The zero-order valence-corrected chi connectivity index (χ0v) is 10.3. The van der Waals surface area contributed by atoms with Crippen LogP contribution in [0.2, 0.25) is 0 Å². The molecule has 0 radical (unpaired) electrons. The maximum Gasteiger partial charge on any atom is 0.331 e. The fraction of sp³-hybridized carbons (Fsp3) is 0.417. The topological polar surface area (TPSA) is 112 Å². The Labute approximate surface area is 105 Å². The Morgan fingerprint density at radius 2 is 1.39 bits per heavy atom. The first-order valence-electron chi connectivity index (χ1n) is 5.26. The summed E-state index contributed by atoms with van der Waals surface area (Å²) in [4.78, 5) is 29.8. The van der Waals surface area contributed by atoms with E-state index >= 15 is 0 Å². The van der Waals surface area contributed by atoms with Crippen molar-refractivity contribution in [3.63, 3.8) is 0 Å². The third-order valence-corrected chi connectivity index (χ3v) is 1.80. The number of aliphatic carboxylic acids is 3. The number of hydrogen-bond donors (Lipinski definition) is 3. The Bertz CT molecular complexity index is 342. The van der Waals surface area contributed by atoms with Crippen molar-refractivity contribution in [2.24, 2.45) is 0 Å². The van der Waals surface area contributed by atoms with Crippen LogP contribution in [-0.4, -0.2) is 33.2 Å². The van der Waals surface area contributed by atoms with E-state index < -0.39 is 24.3 Å². The van der Waals surface area contributed by atoms with Crippen LogP contribution < -0.4 is 0 Å². The molecule has 0 aromatic carbocycles. The highest BCUT2D eigenvalue weighted by Crippen LogP contribution is 2.03. The van der Waals surface area contributed by atoms with Crippen molar-refractivity contribution >= 4 is 17.9 Å². The molecule has 0 bridgehead atoms. The molecule has 102 valence electrons. The zero-order valence-electron chi connectivity index (χ0n) is 10.3. The lowest BCUT2D eigenvalue weighted by Gasteiger charge is -1.95. The van der Waals surface area contributed by atoms with E-state index in [0.29, 0.717) is 12.0 Å². The highest BCUT2D eigenvalue weighted by atomic mass is 16.4. The molecular weight excluding hydrogens is 240 g/mol. The smallest absolute Gasteiger partial charge is 0.331 e. The lowest BCUT2D eigenvalue weighted by molar-refractivity contribution is -0.139. The van der Waals surface area contributed by atoms with Gasteiger partial charge in [-0.05, 0) is 12.8 Å². The Morgan fingerprint density at radius 3 is 1.61 bits per heavy atom. The molecule has 0 aliphatic rings. The minimum atomic E-state index is -1.27. The van der Waals surface area contributed by atoms with E-state index in [2.05, 4.69) is 13.2 Å². The van der Waals surface area contributed by atoms with Crippen LogP contribution in [0.5, 0.6) is 0 Å². The third-order valence-electron chi connectivity index (χ3n) is 1.80. The van der Waals surface area contributed by atoms with Crippen molar-refractivity contribution < 1.29 is 29.7 Å². The molecule has 0 atom stereocenters. The second-order valence-electron chi connectivity index (χ2n) is 3.49. The Balaban J connectivity index is 0. The number of carboxylic acids is 3. The number of carboxylic acid groups (broad SMARTS) is 3. The van der Waals surface area contributed by atoms with Crippen LogP contribution in [-0.2, 0) is 14.4 Å². The predicted molar refractivity (Wildman–Crippen MR) is 65.3 cm³/mol. The summed E-state index contributed by atoms with van der Waals surface area (Å²) in [5.74, 6) is -3.32. The SMILES string of the molecule is C=C(CC(=O)O)C(=O)O.C=C(CCCC)C(=O)O. The highest BCUT2D eigenvalue weighted by Gasteiger charge is 2.07. The maximum atomic E-state index is 10.1. The molecule has 0 aromatic rings. The largest absolute Gasteiger partial charge is 0.481 e. The van der Waals surface area contributed by atoms with Crippen LogP contribution in [0.15, 0.2) is 24.3 Å². The lowest BCUT2D eigenvalue weighted by Crippen LogP contribution is -2.04. The van der Waals surface area contributed by atoms with E-state index in [1.165, 1.54) is 0 Å². The molecule has 0 fully saturated rings. The summed E-state index contributed by atoms with van der Waals surface area (Å²) < 4.78 is 0. The van der Waals surface area contributed by atoms with Crippen LogP contribution >= 0.6 is 0 Å². The van der Waals surface area contributed by atoms with Gasteiger partial charge in [0.05, 0.1) is 6.42 Å². The molecule has 0 aromatic heterocycles. The van der Waals surface area contributed by atoms with Gasteiger partial charge in [-0.25, -0.2) is 9.59 Å². The molecule has 0 rings (SSSR count). The Hall–Kier alpha value is -2.11. The monoisotopic (exact) mass is 258 g/mol. The summed E-state index contributed by atoms with van der Waals surface area (Å²) in [7, 11) is 0. The van der Waals surface area contributed by atoms with Crippen molar-refractivity contribution in [3.05, 3.63) is 24.3 Å². The first kappa shape index (κ1) is 18.3. The second-order valence-corrected chi connectivity index (χ2v) is 3.49. The van der Waals surface area contributed by atoms with Gasteiger partial charge in [0, 0.05) is 11.1 Å². The van der Waals surface area contributed by atoms with Crippen LogP contribution in [0.1, 0.15) is 32.6 Å². The van der Waals surface area contributed by atoms with E-state index in [1.807, 2.05) is 6.92 Å². The van der Waals surface area contributed by atoms with Crippen LogP contribution in [0, 0.1) is 0 Å². The molecule has 0 amide bonds. The predicted octanol–water partition coefficient (Wildman–Crippen LogP) is 1.92. The van der Waals surface area contributed by atoms with Gasteiger partial charge < -0.3 is 15.3 Å². The van der Waals surface area contributed by atoms with Gasteiger partial charge in [0.15, 0.2) is 0 Å². The zero-order chi connectivity index (χ0) is 14.7. The maximum absolute atomic E-state index is 10.1. The average molecular weight is 258 g/mol. The molecule has 3 N–H and O–H groups in total. The van der Waals surface area contributed by atoms with Gasteiger partial charge in [-0.15, -0.1) is 0 Å². The summed E-state index contributed by atoms with van der Waals surface area (Å²) in [6.07, 6.45) is 2.05. The summed E-state index contributed by atoms with van der Waals surface area (Å²) >= 11 is 0. The first-order chi connectivity index (χ1) is 8.22. The van der Waals surface area contributed by atoms with Gasteiger partial charge >= 0.3 is 17.9 Å². The normalized spacial score (nSPS) is 8.72. The van der Waals surface area contributed by atoms with E-state index in [-0.39, 0.29) is 5.57 Å². The lowest BCUT2D eigenvalue weighted by atomic mass is 10.1. The van der Waals surface area contributed by atoms with Gasteiger partial charge in [0.2, 0.25) is 0 Å². The quantitative estimate of drug-likeness (QED) is 0.601. The molecule has 0 saturated heterocycles. The fourth-order valence-electron chi connectivity index (χ4n) is 0.755. The average Bonchev–Trinajstić information content (AvgIpc) is 2.25. The summed E-state index contributed by atoms with van der Waals surface area (Å²) in [6, 6.07) is 0. The molecule has 18 heavy (non-hydrogen) atoms. The summed E-state index contributed by atoms with van der Waals surface area (Å²) in [6.45, 7) is 8.43. The standard InChI is InChI=1S/C7H12O2.C5H6O4/c1-3-4-5-6(2)7(8)9;1-3(5(8)9)2-4(6)7/h2-5H2,1H3,(H,8,9);1-2H2,(H,6,7)(H,8,9). The van der Waals surface area contributed by atoms with Crippen LogP contribution in [0.3, 0.4) is 0 Å². The van der Waals surface area contributed by atoms with Gasteiger partial charge in [-0.1, -0.05) is 26.5 Å². The molecule has 6 nitrogen and oxygen atoms in total. The summed E-state index contributed by atoms with van der Waals surface area (Å²) in [5, 5.41) is 24.4. The van der Waals surface area contributed by atoms with E-state index in [9.17, 15) is 14.4 Å². The molecule has 0 aliphatic heterocycles. The van der Waals surface area contributed by atoms with Crippen molar-refractivity contribution in [1.82, 2.24) is 0 Å². The first-order valence-corrected chi connectivity index (χ1v) is 5.26. The minimum absolute atomic E-state index is 0.303. The van der Waals surface area contributed by atoms with Crippen molar-refractivity contribution in [3.8, 4) is 0 Å². The number of rotatable bonds is 7. The molecule has 6 heteroatoms. The third kappa shape index (κ3) is 12.0. The highest BCUT2D eigenvalue weighted by molar-refractivity contribution is 5.91. The fourth-order valence-corrected chi connectivity index (χ4v) is 0.755. The Kier molecular flexibility index (Phi) is 10.2. The van der Waals surface area contributed by atoms with E-state index in [4.69, 9.17) is 15.3 Å².